The normalized spacial score (nSPS) is 26.5. The number of anilines is 4. The van der Waals surface area contributed by atoms with Gasteiger partial charge >= 0.3 is 5.92 Å². The molecule has 2 aromatic heterocycles. The van der Waals surface area contributed by atoms with Crippen LogP contribution in [-0.4, -0.2) is 65.1 Å². The maximum absolute atomic E-state index is 14.9. The minimum absolute atomic E-state index is 0.0721. The molecule has 2 saturated heterocycles. The average molecular weight is 593 g/mol. The molecule has 10 nitrogen and oxygen atoms in total. The number of benzene rings is 1. The molecular formula is C26H27ClF2N6O4S. The first-order valence-corrected chi connectivity index (χ1v) is 15.4. The van der Waals surface area contributed by atoms with Gasteiger partial charge < -0.3 is 24.8 Å². The number of aryl methyl sites for hydroxylation is 1. The van der Waals surface area contributed by atoms with E-state index in [1.807, 2.05) is 4.90 Å². The number of nitrogens with one attached hydrogen (secondary N) is 2. The average Bonchev–Trinajstić information content (AvgIpc) is 3.70. The minimum Gasteiger partial charge on any atom is -0.480 e. The quantitative estimate of drug-likeness (QED) is 0.467. The molecule has 0 spiro atoms. The first-order chi connectivity index (χ1) is 19.0. The molecule has 3 atom stereocenters. The van der Waals surface area contributed by atoms with Gasteiger partial charge in [0.1, 0.15) is 5.02 Å². The lowest BCUT2D eigenvalue weighted by atomic mass is 10.0. The second kappa shape index (κ2) is 8.90. The number of hydrogen-bond acceptors (Lipinski definition) is 9. The molecule has 3 aliphatic heterocycles. The number of hydrogen-bond donors (Lipinski definition) is 2. The highest BCUT2D eigenvalue weighted by Crippen LogP contribution is 2.46. The minimum atomic E-state index is -3.13. The van der Waals surface area contributed by atoms with Crippen LogP contribution in [0.25, 0.3) is 10.9 Å². The summed E-state index contributed by atoms with van der Waals surface area (Å²) in [5, 5.41) is 6.97. The molecule has 3 unspecified atom stereocenters. The summed E-state index contributed by atoms with van der Waals surface area (Å²) < 4.78 is 61.2. The van der Waals surface area contributed by atoms with E-state index in [-0.39, 0.29) is 46.0 Å². The molecule has 2 bridgehead atoms. The number of rotatable bonds is 4. The number of ether oxygens (including phenoxy) is 1. The lowest BCUT2D eigenvalue weighted by Crippen LogP contribution is -2.49. The van der Waals surface area contributed by atoms with E-state index in [0.717, 1.165) is 12.8 Å². The fourth-order valence-electron chi connectivity index (χ4n) is 6.26. The highest BCUT2D eigenvalue weighted by atomic mass is 35.5. The van der Waals surface area contributed by atoms with Crippen molar-refractivity contribution in [1.82, 2.24) is 14.5 Å². The van der Waals surface area contributed by atoms with Gasteiger partial charge in [-0.05, 0) is 49.8 Å². The van der Waals surface area contributed by atoms with Gasteiger partial charge in [0, 0.05) is 30.2 Å². The van der Waals surface area contributed by atoms with Gasteiger partial charge in [0.15, 0.2) is 22.3 Å². The molecule has 4 aliphatic rings. The summed E-state index contributed by atoms with van der Waals surface area (Å²) >= 11 is 6.45. The number of halogens is 3. The van der Waals surface area contributed by atoms with Gasteiger partial charge in [0.25, 0.3) is 5.56 Å². The van der Waals surface area contributed by atoms with Crippen molar-refractivity contribution < 1.29 is 21.9 Å². The van der Waals surface area contributed by atoms with Crippen molar-refractivity contribution in [2.75, 3.05) is 33.6 Å². The fraction of sp³-hybridized carbons (Fsp3) is 0.500. The third kappa shape index (κ3) is 4.25. The largest absolute Gasteiger partial charge is 0.480 e. The van der Waals surface area contributed by atoms with Crippen LogP contribution in [0.5, 0.6) is 5.75 Å². The monoisotopic (exact) mass is 592 g/mol. The van der Waals surface area contributed by atoms with Crippen molar-refractivity contribution >= 4 is 55.5 Å². The Bertz CT molecular complexity index is 1690. The second-order valence-corrected chi connectivity index (χ2v) is 13.7. The highest BCUT2D eigenvalue weighted by Gasteiger charge is 2.51. The second-order valence-electron chi connectivity index (χ2n) is 11.2. The SMILES string of the molecule is Cn1c(=O)c2c(c3cc(Nc4nc(N5C6CCC5CS(=O)(=O)C6)ncc4Cl)ccc31)NC(C1CC1)C(F)(F)CO2. The molecule has 212 valence electrons. The Labute approximate surface area is 233 Å². The van der Waals surface area contributed by atoms with Gasteiger partial charge in [0.05, 0.1) is 34.9 Å². The predicted molar refractivity (Wildman–Crippen MR) is 148 cm³/mol. The molecule has 1 aliphatic carbocycles. The van der Waals surface area contributed by atoms with Crippen LogP contribution < -0.4 is 25.8 Å². The predicted octanol–water partition coefficient (Wildman–Crippen LogP) is 3.71. The lowest BCUT2D eigenvalue weighted by molar-refractivity contribution is -0.0579. The third-order valence-corrected chi connectivity index (χ3v) is 10.4. The Morgan fingerprint density at radius 1 is 1.18 bits per heavy atom. The highest BCUT2D eigenvalue weighted by molar-refractivity contribution is 7.91. The van der Waals surface area contributed by atoms with E-state index < -0.39 is 34.0 Å². The number of nitrogens with zero attached hydrogens (tertiary/aromatic N) is 4. The molecule has 1 saturated carbocycles. The summed E-state index contributed by atoms with van der Waals surface area (Å²) in [6.07, 6.45) is 4.37. The Hall–Kier alpha value is -3.19. The molecule has 40 heavy (non-hydrogen) atoms. The summed E-state index contributed by atoms with van der Waals surface area (Å²) in [4.78, 5) is 24.0. The Kier molecular flexibility index (Phi) is 5.73. The molecule has 3 aromatic rings. The van der Waals surface area contributed by atoms with Gasteiger partial charge in [-0.25, -0.2) is 22.2 Å². The molecule has 5 heterocycles. The van der Waals surface area contributed by atoms with Gasteiger partial charge in [0.2, 0.25) is 11.7 Å². The van der Waals surface area contributed by atoms with Crippen molar-refractivity contribution in [3.63, 3.8) is 0 Å². The summed E-state index contributed by atoms with van der Waals surface area (Å²) in [5.41, 5.74) is 0.858. The Balaban J connectivity index is 1.26. The standard InChI is InChI=1S/C26H27ClF2N6O4S/c1-34-19-7-4-14(8-17(19)20-21(24(34)36)39-12-26(28,29)22(32-20)13-2-3-13)31-23-18(27)9-30-25(33-23)35-15-5-6-16(35)11-40(37,38)10-15/h4,7-9,13,15-16,22,32H,2-3,5-6,10-12H2,1H3,(H,30,31,33). The maximum atomic E-state index is 14.9. The third-order valence-electron chi connectivity index (χ3n) is 8.35. The van der Waals surface area contributed by atoms with Crippen molar-refractivity contribution in [3.05, 3.63) is 39.8 Å². The number of fused-ring (bicyclic) bond motifs is 5. The van der Waals surface area contributed by atoms with Crippen LogP contribution in [0.2, 0.25) is 5.02 Å². The van der Waals surface area contributed by atoms with E-state index in [4.69, 9.17) is 16.3 Å². The summed E-state index contributed by atoms with van der Waals surface area (Å²) in [6.45, 7) is -0.869. The topological polar surface area (TPSA) is 118 Å². The van der Waals surface area contributed by atoms with Gasteiger partial charge in [-0.15, -0.1) is 0 Å². The molecule has 0 amide bonds. The van der Waals surface area contributed by atoms with E-state index in [2.05, 4.69) is 20.6 Å². The number of sulfone groups is 1. The zero-order chi connectivity index (χ0) is 28.0. The van der Waals surface area contributed by atoms with Crippen LogP contribution in [0, 0.1) is 5.92 Å². The number of pyridine rings is 1. The smallest absolute Gasteiger partial charge is 0.301 e. The van der Waals surface area contributed by atoms with Crippen LogP contribution in [0.1, 0.15) is 25.7 Å². The van der Waals surface area contributed by atoms with Gasteiger partial charge in [-0.1, -0.05) is 11.6 Å². The molecule has 14 heteroatoms. The van der Waals surface area contributed by atoms with Crippen molar-refractivity contribution in [2.24, 2.45) is 13.0 Å². The molecule has 1 aromatic carbocycles. The summed E-state index contributed by atoms with van der Waals surface area (Å²) in [5.74, 6) is -2.59. The van der Waals surface area contributed by atoms with E-state index in [0.29, 0.717) is 41.2 Å². The van der Waals surface area contributed by atoms with E-state index in [9.17, 15) is 22.0 Å². The van der Waals surface area contributed by atoms with Crippen LogP contribution >= 0.6 is 11.6 Å². The van der Waals surface area contributed by atoms with E-state index >= 15 is 0 Å². The van der Waals surface area contributed by atoms with Crippen LogP contribution in [0.3, 0.4) is 0 Å². The van der Waals surface area contributed by atoms with Crippen LogP contribution in [-0.2, 0) is 16.9 Å². The van der Waals surface area contributed by atoms with E-state index in [1.165, 1.54) is 10.8 Å². The lowest BCUT2D eigenvalue weighted by Gasteiger charge is -2.34. The van der Waals surface area contributed by atoms with Crippen LogP contribution in [0.15, 0.2) is 29.2 Å². The molecule has 3 fully saturated rings. The Morgan fingerprint density at radius 3 is 2.60 bits per heavy atom. The maximum Gasteiger partial charge on any atom is 0.301 e. The fourth-order valence-corrected chi connectivity index (χ4v) is 8.36. The zero-order valence-electron chi connectivity index (χ0n) is 21.5. The summed E-state index contributed by atoms with van der Waals surface area (Å²) in [7, 11) is -1.53. The molecule has 2 N–H and O–H groups in total. The molecule has 0 radical (unpaired) electrons. The summed E-state index contributed by atoms with van der Waals surface area (Å²) in [6, 6.07) is 3.71. The van der Waals surface area contributed by atoms with Crippen molar-refractivity contribution in [1.29, 1.82) is 0 Å². The number of aromatic nitrogens is 3. The van der Waals surface area contributed by atoms with Gasteiger partial charge in [-0.3, -0.25) is 4.79 Å². The van der Waals surface area contributed by atoms with Crippen LogP contribution in [0.4, 0.5) is 31.9 Å². The van der Waals surface area contributed by atoms with E-state index in [1.54, 1.807) is 25.2 Å². The first kappa shape index (κ1) is 25.8. The van der Waals surface area contributed by atoms with Crippen molar-refractivity contribution in [2.45, 2.75) is 49.7 Å². The number of alkyl halides is 2. The van der Waals surface area contributed by atoms with Crippen molar-refractivity contribution in [3.8, 4) is 5.75 Å². The van der Waals surface area contributed by atoms with Gasteiger partial charge in [-0.2, -0.15) is 4.98 Å². The first-order valence-electron chi connectivity index (χ1n) is 13.2. The Morgan fingerprint density at radius 2 is 1.90 bits per heavy atom. The zero-order valence-corrected chi connectivity index (χ0v) is 23.1. The molecule has 7 rings (SSSR count). The molecular weight excluding hydrogens is 566 g/mol.